The lowest BCUT2D eigenvalue weighted by Gasteiger charge is -2.24. The fourth-order valence-corrected chi connectivity index (χ4v) is 3.01. The van der Waals surface area contributed by atoms with Crippen molar-refractivity contribution in [1.29, 1.82) is 0 Å². The van der Waals surface area contributed by atoms with Crippen molar-refractivity contribution < 1.29 is 4.79 Å². The van der Waals surface area contributed by atoms with Crippen molar-refractivity contribution in [3.8, 4) is 0 Å². The number of para-hydroxylation sites is 1. The van der Waals surface area contributed by atoms with Gasteiger partial charge in [-0.2, -0.15) is 0 Å². The predicted octanol–water partition coefficient (Wildman–Crippen LogP) is 3.47. The maximum Gasteiger partial charge on any atom is 0.242 e. The topological polar surface area (TPSA) is 29.1 Å². The van der Waals surface area contributed by atoms with Crippen LogP contribution in [-0.2, 0) is 4.79 Å². The zero-order valence-corrected chi connectivity index (χ0v) is 9.91. The number of rotatable bonds is 1. The highest BCUT2D eigenvalue weighted by Gasteiger charge is 2.27. The third-order valence-corrected chi connectivity index (χ3v) is 4.06. The highest BCUT2D eigenvalue weighted by molar-refractivity contribution is 8.00. The maximum absolute atomic E-state index is 12.0. The van der Waals surface area contributed by atoms with Crippen LogP contribution < -0.4 is 5.32 Å². The fraction of sp³-hybridized carbons (Fsp3) is 0.0714. The van der Waals surface area contributed by atoms with E-state index in [1.165, 1.54) is 0 Å². The van der Waals surface area contributed by atoms with Crippen LogP contribution in [0.3, 0.4) is 0 Å². The van der Waals surface area contributed by atoms with Crippen molar-refractivity contribution in [3.05, 3.63) is 60.2 Å². The summed E-state index contributed by atoms with van der Waals surface area (Å²) >= 11 is 1.61. The Morgan fingerprint density at radius 2 is 1.65 bits per heavy atom. The van der Waals surface area contributed by atoms with E-state index >= 15 is 0 Å². The zero-order chi connectivity index (χ0) is 11.7. The summed E-state index contributed by atoms with van der Waals surface area (Å²) in [5.74, 6) is 0.0555. The Morgan fingerprint density at radius 3 is 2.47 bits per heavy atom. The van der Waals surface area contributed by atoms with Crippen LogP contribution in [0.15, 0.2) is 59.5 Å². The highest BCUT2D eigenvalue weighted by atomic mass is 32.2. The number of thioether (sulfide) groups is 1. The van der Waals surface area contributed by atoms with E-state index in [0.717, 1.165) is 16.1 Å². The molecule has 2 nitrogen and oxygen atoms in total. The van der Waals surface area contributed by atoms with Gasteiger partial charge in [0.15, 0.2) is 0 Å². The molecular weight excluding hydrogens is 230 g/mol. The van der Waals surface area contributed by atoms with Gasteiger partial charge >= 0.3 is 0 Å². The Balaban J connectivity index is 1.98. The summed E-state index contributed by atoms with van der Waals surface area (Å²) in [6, 6.07) is 17.8. The van der Waals surface area contributed by atoms with E-state index in [9.17, 15) is 4.79 Å². The summed E-state index contributed by atoms with van der Waals surface area (Å²) in [5.41, 5.74) is 1.96. The third kappa shape index (κ3) is 1.94. The second-order valence-electron chi connectivity index (χ2n) is 3.89. The van der Waals surface area contributed by atoms with E-state index in [0.29, 0.717) is 0 Å². The Labute approximate surface area is 104 Å². The number of amides is 1. The van der Waals surface area contributed by atoms with Gasteiger partial charge in [0.05, 0.1) is 5.69 Å². The lowest BCUT2D eigenvalue weighted by atomic mass is 10.1. The first kappa shape index (κ1) is 10.4. The highest BCUT2D eigenvalue weighted by Crippen LogP contribution is 2.43. The SMILES string of the molecule is O=C1Nc2ccccc2S[C@H]1c1ccccc1. The van der Waals surface area contributed by atoms with E-state index in [2.05, 4.69) is 5.32 Å². The van der Waals surface area contributed by atoms with E-state index in [1.807, 2.05) is 54.6 Å². The van der Waals surface area contributed by atoms with Crippen LogP contribution >= 0.6 is 11.8 Å². The van der Waals surface area contributed by atoms with Crippen molar-refractivity contribution in [2.75, 3.05) is 5.32 Å². The summed E-state index contributed by atoms with van der Waals surface area (Å²) in [6.07, 6.45) is 0. The second-order valence-corrected chi connectivity index (χ2v) is 5.04. The lowest BCUT2D eigenvalue weighted by molar-refractivity contribution is -0.115. The molecule has 0 saturated carbocycles. The quantitative estimate of drug-likeness (QED) is 0.828. The van der Waals surface area contributed by atoms with Crippen molar-refractivity contribution in [1.82, 2.24) is 0 Å². The number of nitrogens with one attached hydrogen (secondary N) is 1. The van der Waals surface area contributed by atoms with Gasteiger partial charge in [-0.05, 0) is 17.7 Å². The minimum atomic E-state index is -0.147. The largest absolute Gasteiger partial charge is 0.324 e. The molecule has 0 saturated heterocycles. The van der Waals surface area contributed by atoms with Crippen LogP contribution in [0, 0.1) is 0 Å². The van der Waals surface area contributed by atoms with Crippen LogP contribution in [0.25, 0.3) is 0 Å². The molecule has 3 rings (SSSR count). The van der Waals surface area contributed by atoms with E-state index in [4.69, 9.17) is 0 Å². The minimum Gasteiger partial charge on any atom is -0.324 e. The third-order valence-electron chi connectivity index (χ3n) is 2.73. The van der Waals surface area contributed by atoms with Crippen LogP contribution in [0.4, 0.5) is 5.69 Å². The van der Waals surface area contributed by atoms with Crippen molar-refractivity contribution >= 4 is 23.4 Å². The first-order valence-corrected chi connectivity index (χ1v) is 6.34. The van der Waals surface area contributed by atoms with Crippen LogP contribution in [0.2, 0.25) is 0 Å². The van der Waals surface area contributed by atoms with Crippen molar-refractivity contribution in [3.63, 3.8) is 0 Å². The summed E-state index contributed by atoms with van der Waals surface area (Å²) in [4.78, 5) is 13.2. The molecule has 17 heavy (non-hydrogen) atoms. The normalized spacial score (nSPS) is 18.4. The monoisotopic (exact) mass is 241 g/mol. The van der Waals surface area contributed by atoms with Gasteiger partial charge in [0, 0.05) is 4.90 Å². The molecule has 1 heterocycles. The Morgan fingerprint density at radius 1 is 0.941 bits per heavy atom. The number of hydrogen-bond donors (Lipinski definition) is 1. The smallest absolute Gasteiger partial charge is 0.242 e. The second kappa shape index (κ2) is 4.26. The number of carbonyl (C=O) groups is 1. The molecule has 0 fully saturated rings. The first-order valence-electron chi connectivity index (χ1n) is 5.46. The average Bonchev–Trinajstić information content (AvgIpc) is 2.39. The van der Waals surface area contributed by atoms with Gasteiger partial charge in [-0.1, -0.05) is 42.5 Å². The van der Waals surface area contributed by atoms with Crippen molar-refractivity contribution in [2.45, 2.75) is 10.1 Å². The molecule has 1 N–H and O–H groups in total. The molecular formula is C14H11NOS. The van der Waals surface area contributed by atoms with Gasteiger partial charge < -0.3 is 5.32 Å². The molecule has 0 aromatic heterocycles. The van der Waals surface area contributed by atoms with Crippen LogP contribution in [-0.4, -0.2) is 5.91 Å². The Kier molecular flexibility index (Phi) is 2.61. The standard InChI is InChI=1S/C14H11NOS/c16-14-13(10-6-2-1-3-7-10)17-12-9-5-4-8-11(12)15-14/h1-9,13H,(H,15,16)/t13-/m0/s1. The number of fused-ring (bicyclic) bond motifs is 1. The van der Waals surface area contributed by atoms with Gasteiger partial charge in [0.1, 0.15) is 5.25 Å². The molecule has 0 spiro atoms. The summed E-state index contributed by atoms with van der Waals surface area (Å²) < 4.78 is 0. The summed E-state index contributed by atoms with van der Waals surface area (Å²) in [6.45, 7) is 0. The zero-order valence-electron chi connectivity index (χ0n) is 9.09. The summed E-state index contributed by atoms with van der Waals surface area (Å²) in [7, 11) is 0. The van der Waals surface area contributed by atoms with Crippen molar-refractivity contribution in [2.24, 2.45) is 0 Å². The number of hydrogen-bond acceptors (Lipinski definition) is 2. The summed E-state index contributed by atoms with van der Waals surface area (Å²) in [5, 5.41) is 2.80. The van der Waals surface area contributed by atoms with Crippen LogP contribution in [0.1, 0.15) is 10.8 Å². The van der Waals surface area contributed by atoms with Gasteiger partial charge in [-0.25, -0.2) is 0 Å². The van der Waals surface area contributed by atoms with E-state index in [-0.39, 0.29) is 11.2 Å². The van der Waals surface area contributed by atoms with Gasteiger partial charge in [0.2, 0.25) is 5.91 Å². The Bertz CT molecular complexity index is 553. The fourth-order valence-electron chi connectivity index (χ4n) is 1.90. The van der Waals surface area contributed by atoms with Crippen LogP contribution in [0.5, 0.6) is 0 Å². The molecule has 3 heteroatoms. The number of anilines is 1. The molecule has 0 radical (unpaired) electrons. The predicted molar refractivity (Wildman–Crippen MR) is 70.1 cm³/mol. The minimum absolute atomic E-state index is 0.0555. The number of carbonyl (C=O) groups excluding carboxylic acids is 1. The molecule has 0 aliphatic carbocycles. The van der Waals surface area contributed by atoms with E-state index < -0.39 is 0 Å². The first-order chi connectivity index (χ1) is 8.34. The number of benzene rings is 2. The van der Waals surface area contributed by atoms with Gasteiger partial charge in [-0.3, -0.25) is 4.79 Å². The molecule has 1 atom stereocenters. The molecule has 1 amide bonds. The van der Waals surface area contributed by atoms with E-state index in [1.54, 1.807) is 11.8 Å². The maximum atomic E-state index is 12.0. The lowest BCUT2D eigenvalue weighted by Crippen LogP contribution is -2.22. The molecule has 0 unspecified atom stereocenters. The molecule has 2 aromatic carbocycles. The average molecular weight is 241 g/mol. The Hall–Kier alpha value is -1.74. The molecule has 1 aliphatic rings. The van der Waals surface area contributed by atoms with Gasteiger partial charge in [0.25, 0.3) is 0 Å². The molecule has 0 bridgehead atoms. The van der Waals surface area contributed by atoms with Gasteiger partial charge in [-0.15, -0.1) is 11.8 Å². The molecule has 2 aromatic rings. The molecule has 84 valence electrons. The molecule has 1 aliphatic heterocycles.